The Morgan fingerprint density at radius 3 is 2.70 bits per heavy atom. The summed E-state index contributed by atoms with van der Waals surface area (Å²) in [5.41, 5.74) is 0.576. The largest absolute Gasteiger partial charge is 0.357 e. The zero-order chi connectivity index (χ0) is 16.2. The molecule has 23 heavy (non-hydrogen) atoms. The van der Waals surface area contributed by atoms with Crippen molar-refractivity contribution < 1.29 is 4.79 Å². The number of hydrogen-bond acceptors (Lipinski definition) is 5. The lowest BCUT2D eigenvalue weighted by atomic mass is 9.90. The molecule has 0 unspecified atom stereocenters. The number of nitriles is 1. The third-order valence-corrected chi connectivity index (χ3v) is 5.89. The number of piperidine rings is 1. The molecule has 2 heterocycles. The Kier molecular flexibility index (Phi) is 5.06. The Hall–Kier alpha value is -1.74. The predicted molar refractivity (Wildman–Crippen MR) is 92.4 cm³/mol. The highest BCUT2D eigenvalue weighted by Gasteiger charge is 2.32. The Labute approximate surface area is 141 Å². The smallest absolute Gasteiger partial charge is 0.223 e. The van der Waals surface area contributed by atoms with Crippen molar-refractivity contribution in [2.24, 2.45) is 5.92 Å². The maximum Gasteiger partial charge on any atom is 0.223 e. The Morgan fingerprint density at radius 1 is 1.39 bits per heavy atom. The average molecular weight is 330 g/mol. The molecular formula is C17H22N4OS. The molecule has 1 saturated carbocycles. The molecular weight excluding hydrogens is 308 g/mol. The minimum absolute atomic E-state index is 0.123. The molecule has 5 nitrogen and oxygen atoms in total. The van der Waals surface area contributed by atoms with Gasteiger partial charge in [0.1, 0.15) is 11.9 Å². The van der Waals surface area contributed by atoms with Gasteiger partial charge in [-0.1, -0.05) is 0 Å². The van der Waals surface area contributed by atoms with Crippen molar-refractivity contribution in [3.8, 4) is 6.07 Å². The summed E-state index contributed by atoms with van der Waals surface area (Å²) in [5.74, 6) is 1.24. The van der Waals surface area contributed by atoms with Crippen molar-refractivity contribution in [3.63, 3.8) is 0 Å². The monoisotopic (exact) mass is 330 g/mol. The van der Waals surface area contributed by atoms with Crippen LogP contribution in [-0.4, -0.2) is 41.5 Å². The van der Waals surface area contributed by atoms with Gasteiger partial charge in [-0.25, -0.2) is 4.98 Å². The number of aromatic nitrogens is 1. The summed E-state index contributed by atoms with van der Waals surface area (Å²) in [5, 5.41) is 12.7. The SMILES string of the molecule is CSC1CC(NC(=O)C2CCN(c3ccc(C#N)cn3)CC2)C1. The van der Waals surface area contributed by atoms with E-state index < -0.39 is 0 Å². The van der Waals surface area contributed by atoms with E-state index in [1.165, 1.54) is 0 Å². The van der Waals surface area contributed by atoms with Gasteiger partial charge in [0, 0.05) is 36.5 Å². The van der Waals surface area contributed by atoms with Crippen LogP contribution >= 0.6 is 11.8 Å². The predicted octanol–water partition coefficient (Wildman–Crippen LogP) is 2.18. The minimum atomic E-state index is 0.123. The summed E-state index contributed by atoms with van der Waals surface area (Å²) in [6, 6.07) is 6.14. The summed E-state index contributed by atoms with van der Waals surface area (Å²) in [4.78, 5) is 18.9. The van der Waals surface area contributed by atoms with Crippen LogP contribution < -0.4 is 10.2 Å². The fourth-order valence-corrected chi connectivity index (χ4v) is 4.05. The molecule has 0 bridgehead atoms. The van der Waals surface area contributed by atoms with Gasteiger partial charge in [0.25, 0.3) is 0 Å². The number of thioether (sulfide) groups is 1. The van der Waals surface area contributed by atoms with Gasteiger partial charge in [-0.3, -0.25) is 4.79 Å². The van der Waals surface area contributed by atoms with Crippen molar-refractivity contribution in [2.45, 2.75) is 37.0 Å². The lowest BCUT2D eigenvalue weighted by Crippen LogP contribution is -2.49. The van der Waals surface area contributed by atoms with Gasteiger partial charge < -0.3 is 10.2 Å². The van der Waals surface area contributed by atoms with Gasteiger partial charge in [0.2, 0.25) is 5.91 Å². The molecule has 1 saturated heterocycles. The van der Waals surface area contributed by atoms with Gasteiger partial charge in [0.05, 0.1) is 5.56 Å². The molecule has 0 spiro atoms. The number of carbonyl (C=O) groups excluding carboxylic acids is 1. The maximum atomic E-state index is 12.3. The lowest BCUT2D eigenvalue weighted by Gasteiger charge is -2.37. The van der Waals surface area contributed by atoms with Crippen LogP contribution in [0.3, 0.4) is 0 Å². The van der Waals surface area contributed by atoms with E-state index in [-0.39, 0.29) is 11.8 Å². The number of amides is 1. The maximum absolute atomic E-state index is 12.3. The minimum Gasteiger partial charge on any atom is -0.357 e. The lowest BCUT2D eigenvalue weighted by molar-refractivity contribution is -0.126. The van der Waals surface area contributed by atoms with E-state index in [1.807, 2.05) is 17.8 Å². The van der Waals surface area contributed by atoms with E-state index >= 15 is 0 Å². The van der Waals surface area contributed by atoms with Gasteiger partial charge in [-0.2, -0.15) is 17.0 Å². The summed E-state index contributed by atoms with van der Waals surface area (Å²) >= 11 is 1.89. The van der Waals surface area contributed by atoms with Gasteiger partial charge in [0.15, 0.2) is 0 Å². The van der Waals surface area contributed by atoms with Gasteiger partial charge in [-0.05, 0) is 44.1 Å². The van der Waals surface area contributed by atoms with Crippen molar-refractivity contribution in [2.75, 3.05) is 24.2 Å². The molecule has 0 aromatic carbocycles. The van der Waals surface area contributed by atoms with Crippen LogP contribution in [0, 0.1) is 17.2 Å². The number of rotatable bonds is 4. The molecule has 3 rings (SSSR count). The van der Waals surface area contributed by atoms with Crippen LogP contribution in [0.5, 0.6) is 0 Å². The Bertz CT molecular complexity index is 584. The van der Waals surface area contributed by atoms with E-state index in [4.69, 9.17) is 5.26 Å². The van der Waals surface area contributed by atoms with Crippen LogP contribution in [0.4, 0.5) is 5.82 Å². The van der Waals surface area contributed by atoms with Crippen LogP contribution in [-0.2, 0) is 4.79 Å². The van der Waals surface area contributed by atoms with Crippen LogP contribution in [0.25, 0.3) is 0 Å². The number of carbonyl (C=O) groups is 1. The second kappa shape index (κ2) is 7.22. The summed E-state index contributed by atoms with van der Waals surface area (Å²) < 4.78 is 0. The first-order valence-electron chi connectivity index (χ1n) is 8.14. The highest BCUT2D eigenvalue weighted by Crippen LogP contribution is 2.30. The highest BCUT2D eigenvalue weighted by molar-refractivity contribution is 7.99. The zero-order valence-electron chi connectivity index (χ0n) is 13.4. The van der Waals surface area contributed by atoms with E-state index in [0.29, 0.717) is 11.6 Å². The summed E-state index contributed by atoms with van der Waals surface area (Å²) in [6.07, 6.45) is 7.70. The molecule has 1 amide bonds. The molecule has 2 aliphatic rings. The van der Waals surface area contributed by atoms with Gasteiger partial charge in [-0.15, -0.1) is 0 Å². The fourth-order valence-electron chi connectivity index (χ4n) is 3.21. The summed E-state index contributed by atoms with van der Waals surface area (Å²) in [7, 11) is 0. The van der Waals surface area contributed by atoms with E-state index in [0.717, 1.165) is 49.8 Å². The summed E-state index contributed by atoms with van der Waals surface area (Å²) in [6.45, 7) is 1.68. The number of pyridine rings is 1. The van der Waals surface area contributed by atoms with Crippen molar-refractivity contribution in [1.29, 1.82) is 5.26 Å². The fraction of sp³-hybridized carbons (Fsp3) is 0.588. The first kappa shape index (κ1) is 16.1. The second-order valence-corrected chi connectivity index (χ2v) is 7.45. The molecule has 1 aliphatic carbocycles. The van der Waals surface area contributed by atoms with Crippen LogP contribution in [0.15, 0.2) is 18.3 Å². The normalized spacial score (nSPS) is 24.6. The third-order valence-electron chi connectivity index (χ3n) is 4.84. The molecule has 1 aromatic rings. The molecule has 6 heteroatoms. The highest BCUT2D eigenvalue weighted by atomic mass is 32.2. The number of nitrogens with zero attached hydrogens (tertiary/aromatic N) is 3. The third kappa shape index (κ3) is 3.78. The first-order chi connectivity index (χ1) is 11.2. The molecule has 2 fully saturated rings. The van der Waals surface area contributed by atoms with Crippen molar-refractivity contribution >= 4 is 23.5 Å². The molecule has 1 aliphatic heterocycles. The second-order valence-electron chi connectivity index (χ2n) is 6.31. The van der Waals surface area contributed by atoms with E-state index in [2.05, 4.69) is 27.5 Å². The van der Waals surface area contributed by atoms with E-state index in [1.54, 1.807) is 12.3 Å². The standard InChI is InChI=1S/C17H22N4OS/c1-23-15-8-14(9-15)20-17(22)13-4-6-21(7-5-13)16-3-2-12(10-18)11-19-16/h2-3,11,13-15H,4-9H2,1H3,(H,20,22). The molecule has 122 valence electrons. The van der Waals surface area contributed by atoms with E-state index in [9.17, 15) is 4.79 Å². The number of hydrogen-bond donors (Lipinski definition) is 1. The first-order valence-corrected chi connectivity index (χ1v) is 9.42. The Balaban J connectivity index is 1.46. The quantitative estimate of drug-likeness (QED) is 0.916. The molecule has 1 aromatic heterocycles. The number of nitrogens with one attached hydrogen (secondary N) is 1. The zero-order valence-corrected chi connectivity index (χ0v) is 14.2. The number of anilines is 1. The van der Waals surface area contributed by atoms with Crippen LogP contribution in [0.1, 0.15) is 31.2 Å². The topological polar surface area (TPSA) is 69.0 Å². The average Bonchev–Trinajstić information content (AvgIpc) is 2.57. The molecule has 0 radical (unpaired) electrons. The molecule has 0 atom stereocenters. The Morgan fingerprint density at radius 2 is 2.13 bits per heavy atom. The van der Waals surface area contributed by atoms with Crippen molar-refractivity contribution in [3.05, 3.63) is 23.9 Å². The van der Waals surface area contributed by atoms with Crippen molar-refractivity contribution in [1.82, 2.24) is 10.3 Å². The van der Waals surface area contributed by atoms with Crippen LogP contribution in [0.2, 0.25) is 0 Å². The van der Waals surface area contributed by atoms with Gasteiger partial charge >= 0.3 is 0 Å². The molecule has 1 N–H and O–H groups in total.